The van der Waals surface area contributed by atoms with Crippen LogP contribution in [0.15, 0.2) is 48.5 Å². The average Bonchev–Trinajstić information content (AvgIpc) is 2.29. The van der Waals surface area contributed by atoms with Crippen LogP contribution in [0.25, 0.3) is 0 Å². The average molecular weight is 358 g/mol. The van der Waals surface area contributed by atoms with Crippen LogP contribution in [0.1, 0.15) is 10.4 Å². The summed E-state index contributed by atoms with van der Waals surface area (Å²) in [5, 5.41) is 3.39. The summed E-state index contributed by atoms with van der Waals surface area (Å²) in [6.07, 6.45) is 0. The number of carbonyl (C=O) groups excluding carboxylic acids is 1. The number of carbonyl (C=O) groups is 1. The van der Waals surface area contributed by atoms with E-state index in [1.807, 2.05) is 12.1 Å². The molecule has 1 amide bonds. The monoisotopic (exact) mass is 357 g/mol. The lowest BCUT2D eigenvalue weighted by molar-refractivity contribution is 0.102. The predicted octanol–water partition coefficient (Wildman–Crippen LogP) is 4.20. The second-order valence-corrected chi connectivity index (χ2v) is 5.15. The predicted molar refractivity (Wildman–Crippen MR) is 78.6 cm³/mol. The molecule has 0 unspecified atom stereocenters. The number of anilines is 1. The van der Waals surface area contributed by atoms with E-state index in [1.54, 1.807) is 36.4 Å². The fraction of sp³-hybridized carbons (Fsp3) is 0. The zero-order valence-electron chi connectivity index (χ0n) is 8.78. The zero-order chi connectivity index (χ0) is 12.3. The molecule has 0 aliphatic heterocycles. The standard InChI is InChI=1S/C13H9ClINO/c14-10-2-1-3-12(8-10)16-13(17)9-4-6-11(15)7-5-9/h1-8H,(H,16,17). The first kappa shape index (κ1) is 12.4. The molecular weight excluding hydrogens is 349 g/mol. The number of amides is 1. The van der Waals surface area contributed by atoms with Gasteiger partial charge in [-0.1, -0.05) is 17.7 Å². The van der Waals surface area contributed by atoms with Crippen LogP contribution < -0.4 is 5.32 Å². The van der Waals surface area contributed by atoms with E-state index in [-0.39, 0.29) is 5.91 Å². The fourth-order valence-electron chi connectivity index (χ4n) is 1.37. The molecule has 86 valence electrons. The van der Waals surface area contributed by atoms with Crippen molar-refractivity contribution in [3.05, 3.63) is 62.7 Å². The summed E-state index contributed by atoms with van der Waals surface area (Å²) >= 11 is 8.04. The highest BCUT2D eigenvalue weighted by Gasteiger charge is 2.05. The lowest BCUT2D eigenvalue weighted by atomic mass is 10.2. The molecule has 0 saturated carbocycles. The third kappa shape index (κ3) is 3.44. The lowest BCUT2D eigenvalue weighted by Gasteiger charge is -2.05. The molecule has 0 radical (unpaired) electrons. The summed E-state index contributed by atoms with van der Waals surface area (Å²) < 4.78 is 1.10. The number of nitrogens with one attached hydrogen (secondary N) is 1. The Bertz CT molecular complexity index is 539. The van der Waals surface area contributed by atoms with Gasteiger partial charge in [-0.2, -0.15) is 0 Å². The molecule has 1 N–H and O–H groups in total. The second kappa shape index (κ2) is 5.51. The lowest BCUT2D eigenvalue weighted by Crippen LogP contribution is -2.11. The number of hydrogen-bond acceptors (Lipinski definition) is 1. The maximum Gasteiger partial charge on any atom is 0.255 e. The van der Waals surface area contributed by atoms with Crippen LogP contribution in [-0.4, -0.2) is 5.91 Å². The third-order valence-corrected chi connectivity index (χ3v) is 3.14. The quantitative estimate of drug-likeness (QED) is 0.802. The molecule has 17 heavy (non-hydrogen) atoms. The van der Waals surface area contributed by atoms with Gasteiger partial charge in [0.1, 0.15) is 0 Å². The first-order valence-corrected chi connectivity index (χ1v) is 6.43. The van der Waals surface area contributed by atoms with Crippen LogP contribution in [0, 0.1) is 3.57 Å². The van der Waals surface area contributed by atoms with Crippen molar-refractivity contribution in [2.45, 2.75) is 0 Å². The number of rotatable bonds is 2. The maximum atomic E-state index is 11.9. The number of halogens is 2. The smallest absolute Gasteiger partial charge is 0.255 e. The van der Waals surface area contributed by atoms with E-state index < -0.39 is 0 Å². The van der Waals surface area contributed by atoms with E-state index in [0.717, 1.165) is 3.57 Å². The van der Waals surface area contributed by atoms with Gasteiger partial charge >= 0.3 is 0 Å². The molecule has 0 aliphatic rings. The van der Waals surface area contributed by atoms with Crippen molar-refractivity contribution in [3.63, 3.8) is 0 Å². The molecular formula is C13H9ClINO. The van der Waals surface area contributed by atoms with Crippen molar-refractivity contribution in [3.8, 4) is 0 Å². The normalized spacial score (nSPS) is 10.0. The fourth-order valence-corrected chi connectivity index (χ4v) is 1.92. The molecule has 2 aromatic carbocycles. The SMILES string of the molecule is O=C(Nc1cccc(Cl)c1)c1ccc(I)cc1. The largest absolute Gasteiger partial charge is 0.322 e. The van der Waals surface area contributed by atoms with Gasteiger partial charge in [0.15, 0.2) is 0 Å². The number of hydrogen-bond donors (Lipinski definition) is 1. The Hall–Kier alpha value is -1.07. The molecule has 2 rings (SSSR count). The van der Waals surface area contributed by atoms with Crippen molar-refractivity contribution in [1.82, 2.24) is 0 Å². The summed E-state index contributed by atoms with van der Waals surface area (Å²) in [4.78, 5) is 11.9. The van der Waals surface area contributed by atoms with Gasteiger partial charge in [0.25, 0.3) is 5.91 Å². The molecule has 2 nitrogen and oxygen atoms in total. The van der Waals surface area contributed by atoms with Gasteiger partial charge in [-0.3, -0.25) is 4.79 Å². The Balaban J connectivity index is 2.14. The maximum absolute atomic E-state index is 11.9. The Labute approximate surface area is 118 Å². The van der Waals surface area contributed by atoms with E-state index in [0.29, 0.717) is 16.3 Å². The van der Waals surface area contributed by atoms with Crippen molar-refractivity contribution in [2.24, 2.45) is 0 Å². The second-order valence-electron chi connectivity index (χ2n) is 3.47. The van der Waals surface area contributed by atoms with Gasteiger partial charge in [0.2, 0.25) is 0 Å². The van der Waals surface area contributed by atoms with Crippen molar-refractivity contribution < 1.29 is 4.79 Å². The molecule has 0 aliphatic carbocycles. The van der Waals surface area contributed by atoms with E-state index in [2.05, 4.69) is 27.9 Å². The minimum absolute atomic E-state index is 0.135. The Morgan fingerprint density at radius 1 is 1.12 bits per heavy atom. The Kier molecular flexibility index (Phi) is 4.02. The van der Waals surface area contributed by atoms with Crippen molar-refractivity contribution in [2.75, 3.05) is 5.32 Å². The highest BCUT2D eigenvalue weighted by atomic mass is 127. The first-order chi connectivity index (χ1) is 8.15. The molecule has 0 fully saturated rings. The van der Waals surface area contributed by atoms with Gasteiger partial charge in [0.05, 0.1) is 0 Å². The van der Waals surface area contributed by atoms with Crippen molar-refractivity contribution >= 4 is 45.8 Å². The molecule has 0 aromatic heterocycles. The molecule has 0 saturated heterocycles. The highest BCUT2D eigenvalue weighted by Crippen LogP contribution is 2.16. The number of benzene rings is 2. The minimum atomic E-state index is -0.135. The van der Waals surface area contributed by atoms with Crippen LogP contribution in [0.3, 0.4) is 0 Å². The molecule has 0 heterocycles. The van der Waals surface area contributed by atoms with Gasteiger partial charge in [0, 0.05) is 19.8 Å². The molecule has 2 aromatic rings. The highest BCUT2D eigenvalue weighted by molar-refractivity contribution is 14.1. The summed E-state index contributed by atoms with van der Waals surface area (Å²) in [5.41, 5.74) is 1.33. The summed E-state index contributed by atoms with van der Waals surface area (Å²) in [5.74, 6) is -0.135. The summed E-state index contributed by atoms with van der Waals surface area (Å²) in [6, 6.07) is 14.5. The van der Waals surface area contributed by atoms with E-state index in [1.165, 1.54) is 0 Å². The molecule has 0 bridgehead atoms. The van der Waals surface area contributed by atoms with Crippen molar-refractivity contribution in [1.29, 1.82) is 0 Å². The zero-order valence-corrected chi connectivity index (χ0v) is 11.7. The topological polar surface area (TPSA) is 29.1 Å². The van der Waals surface area contributed by atoms with Crippen LogP contribution in [0.5, 0.6) is 0 Å². The molecule has 0 spiro atoms. The van der Waals surface area contributed by atoms with Crippen LogP contribution in [0.2, 0.25) is 5.02 Å². The van der Waals surface area contributed by atoms with Gasteiger partial charge in [-0.05, 0) is 65.1 Å². The molecule has 4 heteroatoms. The van der Waals surface area contributed by atoms with Crippen LogP contribution in [0.4, 0.5) is 5.69 Å². The molecule has 0 atom stereocenters. The van der Waals surface area contributed by atoms with E-state index >= 15 is 0 Å². The Morgan fingerprint density at radius 2 is 1.82 bits per heavy atom. The van der Waals surface area contributed by atoms with Gasteiger partial charge < -0.3 is 5.32 Å². The van der Waals surface area contributed by atoms with Crippen LogP contribution >= 0.6 is 34.2 Å². The van der Waals surface area contributed by atoms with E-state index in [9.17, 15) is 4.79 Å². The van der Waals surface area contributed by atoms with Crippen LogP contribution in [-0.2, 0) is 0 Å². The minimum Gasteiger partial charge on any atom is -0.322 e. The Morgan fingerprint density at radius 3 is 2.47 bits per heavy atom. The van der Waals surface area contributed by atoms with E-state index in [4.69, 9.17) is 11.6 Å². The van der Waals surface area contributed by atoms with Gasteiger partial charge in [-0.25, -0.2) is 0 Å². The van der Waals surface area contributed by atoms with Gasteiger partial charge in [-0.15, -0.1) is 0 Å². The summed E-state index contributed by atoms with van der Waals surface area (Å²) in [7, 11) is 0. The summed E-state index contributed by atoms with van der Waals surface area (Å²) in [6.45, 7) is 0. The first-order valence-electron chi connectivity index (χ1n) is 4.97. The third-order valence-electron chi connectivity index (χ3n) is 2.19.